The van der Waals surface area contributed by atoms with Crippen LogP contribution in [-0.4, -0.2) is 51.3 Å². The number of ether oxygens (including phenoxy) is 1. The number of nitrogens with one attached hydrogen (secondary N) is 1. The summed E-state index contributed by atoms with van der Waals surface area (Å²) >= 11 is 0. The molecule has 0 saturated heterocycles. The van der Waals surface area contributed by atoms with Gasteiger partial charge in [0.1, 0.15) is 0 Å². The molecule has 0 aliphatic heterocycles. The number of hydrogen-bond donors (Lipinski definition) is 1. The highest BCUT2D eigenvalue weighted by atomic mass is 16.5. The van der Waals surface area contributed by atoms with E-state index in [1.165, 1.54) is 5.57 Å². The Labute approximate surface area is 88.1 Å². The molecule has 0 aliphatic carbocycles. The second kappa shape index (κ2) is 7.97. The Morgan fingerprint density at radius 1 is 1.57 bits per heavy atom. The zero-order chi connectivity index (χ0) is 11.0. The normalized spacial score (nSPS) is 13.2. The van der Waals surface area contributed by atoms with Crippen molar-refractivity contribution in [2.45, 2.75) is 19.9 Å². The second-order valence-electron chi connectivity index (χ2n) is 3.69. The minimum atomic E-state index is 0.437. The van der Waals surface area contributed by atoms with Crippen molar-refractivity contribution in [1.29, 1.82) is 0 Å². The van der Waals surface area contributed by atoms with Crippen LogP contribution in [0, 0.1) is 0 Å². The summed E-state index contributed by atoms with van der Waals surface area (Å²) in [6.45, 7) is 11.9. The summed E-state index contributed by atoms with van der Waals surface area (Å²) in [5.41, 5.74) is 1.20. The van der Waals surface area contributed by atoms with Crippen LogP contribution in [0.3, 0.4) is 0 Å². The summed E-state index contributed by atoms with van der Waals surface area (Å²) < 4.78 is 5.21. The highest BCUT2D eigenvalue weighted by Crippen LogP contribution is 2.03. The Morgan fingerprint density at radius 2 is 2.21 bits per heavy atom. The SMILES string of the molecule is C=C(C)CN(CC)C(CNC)COC. The van der Waals surface area contributed by atoms with E-state index in [1.807, 2.05) is 7.05 Å². The molecule has 3 heteroatoms. The summed E-state index contributed by atoms with van der Waals surface area (Å²) in [4.78, 5) is 2.38. The Bertz CT molecular complexity index is 153. The molecule has 0 aliphatic rings. The van der Waals surface area contributed by atoms with Crippen molar-refractivity contribution in [3.8, 4) is 0 Å². The highest BCUT2D eigenvalue weighted by molar-refractivity contribution is 4.93. The fourth-order valence-corrected chi connectivity index (χ4v) is 1.57. The van der Waals surface area contributed by atoms with Crippen molar-refractivity contribution in [3.63, 3.8) is 0 Å². The molecule has 14 heavy (non-hydrogen) atoms. The van der Waals surface area contributed by atoms with Gasteiger partial charge in [0, 0.05) is 26.2 Å². The maximum Gasteiger partial charge on any atom is 0.0630 e. The van der Waals surface area contributed by atoms with Gasteiger partial charge in [0.15, 0.2) is 0 Å². The minimum Gasteiger partial charge on any atom is -0.383 e. The third kappa shape index (κ3) is 5.37. The summed E-state index contributed by atoms with van der Waals surface area (Å²) in [5, 5.41) is 3.19. The van der Waals surface area contributed by atoms with Crippen LogP contribution in [0.25, 0.3) is 0 Å². The van der Waals surface area contributed by atoms with Crippen LogP contribution in [0.1, 0.15) is 13.8 Å². The molecule has 0 aromatic carbocycles. The quantitative estimate of drug-likeness (QED) is 0.594. The monoisotopic (exact) mass is 200 g/mol. The fourth-order valence-electron chi connectivity index (χ4n) is 1.57. The van der Waals surface area contributed by atoms with Gasteiger partial charge in [-0.3, -0.25) is 4.90 Å². The molecule has 0 heterocycles. The zero-order valence-electron chi connectivity index (χ0n) is 9.97. The molecule has 84 valence electrons. The van der Waals surface area contributed by atoms with Crippen LogP contribution in [0.2, 0.25) is 0 Å². The number of hydrogen-bond acceptors (Lipinski definition) is 3. The summed E-state index contributed by atoms with van der Waals surface area (Å²) in [6, 6.07) is 0.437. The first-order valence-corrected chi connectivity index (χ1v) is 5.17. The van der Waals surface area contributed by atoms with Crippen LogP contribution in [0.4, 0.5) is 0 Å². The lowest BCUT2D eigenvalue weighted by atomic mass is 10.2. The molecule has 3 nitrogen and oxygen atoms in total. The molecule has 0 spiro atoms. The maximum atomic E-state index is 5.21. The predicted molar refractivity (Wildman–Crippen MR) is 61.7 cm³/mol. The number of rotatable bonds is 8. The lowest BCUT2D eigenvalue weighted by molar-refractivity contribution is 0.0993. The third-order valence-electron chi connectivity index (χ3n) is 2.19. The largest absolute Gasteiger partial charge is 0.383 e. The van der Waals surface area contributed by atoms with E-state index in [1.54, 1.807) is 7.11 Å². The molecule has 0 aromatic heterocycles. The summed E-state index contributed by atoms with van der Waals surface area (Å²) in [7, 11) is 3.72. The summed E-state index contributed by atoms with van der Waals surface area (Å²) in [6.07, 6.45) is 0. The van der Waals surface area contributed by atoms with Gasteiger partial charge in [0.05, 0.1) is 6.61 Å². The Morgan fingerprint density at radius 3 is 2.57 bits per heavy atom. The molecule has 0 amide bonds. The summed E-state index contributed by atoms with van der Waals surface area (Å²) in [5.74, 6) is 0. The van der Waals surface area contributed by atoms with Crippen LogP contribution in [0.15, 0.2) is 12.2 Å². The first-order chi connectivity index (χ1) is 6.65. The van der Waals surface area contributed by atoms with E-state index < -0.39 is 0 Å². The lowest BCUT2D eigenvalue weighted by Gasteiger charge is -2.30. The van der Waals surface area contributed by atoms with E-state index in [0.29, 0.717) is 6.04 Å². The number of nitrogens with zero attached hydrogens (tertiary/aromatic N) is 1. The first-order valence-electron chi connectivity index (χ1n) is 5.17. The maximum absolute atomic E-state index is 5.21. The van der Waals surface area contributed by atoms with Gasteiger partial charge in [0.2, 0.25) is 0 Å². The van der Waals surface area contributed by atoms with E-state index in [0.717, 1.165) is 26.2 Å². The topological polar surface area (TPSA) is 24.5 Å². The molecule has 0 bridgehead atoms. The van der Waals surface area contributed by atoms with Gasteiger partial charge in [-0.15, -0.1) is 0 Å². The van der Waals surface area contributed by atoms with Crippen molar-refractivity contribution < 1.29 is 4.74 Å². The smallest absolute Gasteiger partial charge is 0.0630 e. The van der Waals surface area contributed by atoms with Gasteiger partial charge >= 0.3 is 0 Å². The Hall–Kier alpha value is -0.380. The van der Waals surface area contributed by atoms with Gasteiger partial charge in [0.25, 0.3) is 0 Å². The molecule has 0 radical (unpaired) electrons. The average Bonchev–Trinajstić information content (AvgIpc) is 2.13. The average molecular weight is 200 g/mol. The van der Waals surface area contributed by atoms with Crippen LogP contribution in [0.5, 0.6) is 0 Å². The molecule has 1 N–H and O–H groups in total. The molecular formula is C11H24N2O. The van der Waals surface area contributed by atoms with E-state index in [4.69, 9.17) is 4.74 Å². The molecule has 0 saturated carbocycles. The third-order valence-corrected chi connectivity index (χ3v) is 2.19. The van der Waals surface area contributed by atoms with E-state index >= 15 is 0 Å². The highest BCUT2D eigenvalue weighted by Gasteiger charge is 2.15. The van der Waals surface area contributed by atoms with Crippen molar-refractivity contribution in [1.82, 2.24) is 10.2 Å². The van der Waals surface area contributed by atoms with Crippen molar-refractivity contribution >= 4 is 0 Å². The second-order valence-corrected chi connectivity index (χ2v) is 3.69. The van der Waals surface area contributed by atoms with Gasteiger partial charge in [-0.1, -0.05) is 19.1 Å². The first kappa shape index (κ1) is 13.6. The van der Waals surface area contributed by atoms with Crippen molar-refractivity contribution in [2.24, 2.45) is 0 Å². The van der Waals surface area contributed by atoms with E-state index in [-0.39, 0.29) is 0 Å². The van der Waals surface area contributed by atoms with Gasteiger partial charge in [-0.2, -0.15) is 0 Å². The Kier molecular flexibility index (Phi) is 7.76. The fraction of sp³-hybridized carbons (Fsp3) is 0.818. The van der Waals surface area contributed by atoms with E-state index in [9.17, 15) is 0 Å². The van der Waals surface area contributed by atoms with E-state index in [2.05, 4.69) is 30.6 Å². The zero-order valence-corrected chi connectivity index (χ0v) is 9.97. The molecule has 1 atom stereocenters. The molecule has 0 aromatic rings. The van der Waals surface area contributed by atoms with Crippen LogP contribution in [-0.2, 0) is 4.74 Å². The minimum absolute atomic E-state index is 0.437. The van der Waals surface area contributed by atoms with Gasteiger partial charge < -0.3 is 10.1 Å². The molecular weight excluding hydrogens is 176 g/mol. The van der Waals surface area contributed by atoms with Crippen LogP contribution >= 0.6 is 0 Å². The van der Waals surface area contributed by atoms with Crippen molar-refractivity contribution in [2.75, 3.05) is 40.4 Å². The van der Waals surface area contributed by atoms with Crippen LogP contribution < -0.4 is 5.32 Å². The van der Waals surface area contributed by atoms with Gasteiger partial charge in [-0.25, -0.2) is 0 Å². The lowest BCUT2D eigenvalue weighted by Crippen LogP contribution is -2.45. The molecule has 0 fully saturated rings. The number of likely N-dealkylation sites (N-methyl/N-ethyl adjacent to an activating group) is 2. The molecule has 0 rings (SSSR count). The molecule has 1 unspecified atom stereocenters. The standard InChI is InChI=1S/C11H24N2O/c1-6-13(8-10(2)3)11(7-12-4)9-14-5/h11-12H,2,6-9H2,1,3-5H3. The number of methoxy groups -OCH3 is 1. The van der Waals surface area contributed by atoms with Crippen molar-refractivity contribution in [3.05, 3.63) is 12.2 Å². The van der Waals surface area contributed by atoms with Gasteiger partial charge in [-0.05, 0) is 20.5 Å². The predicted octanol–water partition coefficient (Wildman–Crippen LogP) is 1.12. The Balaban J connectivity index is 4.16.